The monoisotopic (exact) mass is 379 g/mol. The fraction of sp³-hybridized carbons (Fsp3) is 0.500. The molecular weight excluding hydrogens is 358 g/mol. The molecule has 25 heavy (non-hydrogen) atoms. The molecule has 1 aliphatic rings. The summed E-state index contributed by atoms with van der Waals surface area (Å²) in [5.74, 6) is -0.276. The zero-order chi connectivity index (χ0) is 18.9. The van der Waals surface area contributed by atoms with Crippen molar-refractivity contribution in [1.29, 1.82) is 5.26 Å². The number of thioether (sulfide) groups is 1. The number of pyridine rings is 1. The first kappa shape index (κ1) is 19.6. The highest BCUT2D eigenvalue weighted by atomic mass is 32.2. The average molecular weight is 380 g/mol. The molecule has 0 N–H and O–H groups in total. The quantitative estimate of drug-likeness (QED) is 0.629. The van der Waals surface area contributed by atoms with Gasteiger partial charge in [0.05, 0.1) is 24.0 Å². The van der Waals surface area contributed by atoms with E-state index in [1.54, 1.807) is 38.9 Å². The molecule has 1 aliphatic heterocycles. The maximum atomic E-state index is 13.0. The van der Waals surface area contributed by atoms with Gasteiger partial charge in [0.1, 0.15) is 11.6 Å². The van der Waals surface area contributed by atoms with Gasteiger partial charge in [-0.05, 0) is 26.2 Å². The molecule has 2 amide bonds. The number of carbonyl (C=O) groups excluding carboxylic acids is 2. The lowest BCUT2D eigenvalue weighted by Crippen LogP contribution is -2.49. The Morgan fingerprint density at radius 2 is 2.16 bits per heavy atom. The third-order valence-corrected chi connectivity index (χ3v) is 5.48. The van der Waals surface area contributed by atoms with Gasteiger partial charge in [-0.3, -0.25) is 19.4 Å². The molecule has 0 bridgehead atoms. The van der Waals surface area contributed by atoms with Gasteiger partial charge < -0.3 is 4.90 Å². The average Bonchev–Trinajstić information content (AvgIpc) is 2.74. The Morgan fingerprint density at radius 1 is 1.52 bits per heavy atom. The Hall–Kier alpha value is -1.76. The van der Waals surface area contributed by atoms with Crippen LogP contribution in [0.3, 0.4) is 0 Å². The van der Waals surface area contributed by atoms with Crippen molar-refractivity contribution < 1.29 is 9.59 Å². The first-order valence-electron chi connectivity index (χ1n) is 7.58. The van der Waals surface area contributed by atoms with Crippen LogP contribution in [0.25, 0.3) is 0 Å². The van der Waals surface area contributed by atoms with E-state index in [1.165, 1.54) is 27.8 Å². The SMILES string of the molecule is CSc1cc(N2C(=O)C(C)(C)N(CC(=O)N(C)C)C2S)cnc1C#N. The summed E-state index contributed by atoms with van der Waals surface area (Å²) in [6, 6.07) is 3.79. The summed E-state index contributed by atoms with van der Waals surface area (Å²) in [5.41, 5.74) is -0.611. The second kappa shape index (κ2) is 7.23. The van der Waals surface area contributed by atoms with Crippen LogP contribution in [-0.2, 0) is 9.59 Å². The summed E-state index contributed by atoms with van der Waals surface area (Å²) in [7, 11) is 3.35. The van der Waals surface area contributed by atoms with E-state index in [-0.39, 0.29) is 18.4 Å². The third-order valence-electron chi connectivity index (χ3n) is 4.22. The van der Waals surface area contributed by atoms with E-state index < -0.39 is 11.0 Å². The van der Waals surface area contributed by atoms with Crippen LogP contribution in [0.5, 0.6) is 0 Å². The maximum absolute atomic E-state index is 13.0. The number of anilines is 1. The first-order chi connectivity index (χ1) is 11.6. The molecule has 0 spiro atoms. The molecule has 7 nitrogen and oxygen atoms in total. The zero-order valence-corrected chi connectivity index (χ0v) is 16.6. The van der Waals surface area contributed by atoms with E-state index in [1.807, 2.05) is 12.3 Å². The lowest BCUT2D eigenvalue weighted by molar-refractivity contribution is -0.132. The van der Waals surface area contributed by atoms with Crippen molar-refractivity contribution in [2.75, 3.05) is 31.8 Å². The first-order valence-corrected chi connectivity index (χ1v) is 9.32. The van der Waals surface area contributed by atoms with Crippen molar-refractivity contribution in [3.8, 4) is 6.07 Å². The smallest absolute Gasteiger partial charge is 0.249 e. The van der Waals surface area contributed by atoms with Gasteiger partial charge in [0, 0.05) is 19.0 Å². The molecule has 9 heteroatoms. The predicted octanol–water partition coefficient (Wildman–Crippen LogP) is 1.40. The number of nitrogens with zero attached hydrogens (tertiary/aromatic N) is 5. The van der Waals surface area contributed by atoms with Gasteiger partial charge in [0.2, 0.25) is 11.8 Å². The van der Waals surface area contributed by atoms with Crippen molar-refractivity contribution in [2.24, 2.45) is 0 Å². The molecule has 0 aliphatic carbocycles. The molecule has 134 valence electrons. The summed E-state index contributed by atoms with van der Waals surface area (Å²) in [4.78, 5) is 34.7. The molecule has 0 radical (unpaired) electrons. The Labute approximate surface area is 157 Å². The Morgan fingerprint density at radius 3 is 2.68 bits per heavy atom. The third kappa shape index (κ3) is 3.47. The van der Waals surface area contributed by atoms with Crippen LogP contribution in [0, 0.1) is 11.3 Å². The van der Waals surface area contributed by atoms with Crippen molar-refractivity contribution in [1.82, 2.24) is 14.8 Å². The topological polar surface area (TPSA) is 80.5 Å². The molecule has 1 saturated heterocycles. The number of aromatic nitrogens is 1. The molecule has 2 heterocycles. The van der Waals surface area contributed by atoms with Gasteiger partial charge in [-0.15, -0.1) is 24.4 Å². The minimum absolute atomic E-state index is 0.0789. The van der Waals surface area contributed by atoms with Crippen molar-refractivity contribution in [2.45, 2.75) is 29.8 Å². The molecule has 0 aromatic carbocycles. The molecule has 1 atom stereocenters. The second-order valence-corrected chi connectivity index (χ2v) is 7.66. The Kier molecular flexibility index (Phi) is 5.66. The minimum Gasteiger partial charge on any atom is -0.348 e. The molecule has 2 rings (SSSR count). The lowest BCUT2D eigenvalue weighted by Gasteiger charge is -2.31. The van der Waals surface area contributed by atoms with Crippen molar-refractivity contribution in [3.05, 3.63) is 18.0 Å². The summed E-state index contributed by atoms with van der Waals surface area (Å²) in [5, 5.41) is 9.11. The van der Waals surface area contributed by atoms with Gasteiger partial charge in [0.25, 0.3) is 0 Å². The molecule has 1 aromatic rings. The number of rotatable bonds is 4. The number of likely N-dealkylation sites (N-methyl/N-ethyl adjacent to an activating group) is 1. The summed E-state index contributed by atoms with van der Waals surface area (Å²) < 4.78 is 0. The van der Waals surface area contributed by atoms with Crippen LogP contribution < -0.4 is 4.90 Å². The van der Waals surface area contributed by atoms with Crippen LogP contribution in [0.1, 0.15) is 19.5 Å². The van der Waals surface area contributed by atoms with Crippen molar-refractivity contribution >= 4 is 41.9 Å². The fourth-order valence-electron chi connectivity index (χ4n) is 2.57. The number of thiol groups is 1. The van der Waals surface area contributed by atoms with Gasteiger partial charge in [0.15, 0.2) is 5.69 Å². The lowest BCUT2D eigenvalue weighted by atomic mass is 10.0. The van der Waals surface area contributed by atoms with E-state index in [9.17, 15) is 9.59 Å². The van der Waals surface area contributed by atoms with E-state index in [2.05, 4.69) is 17.6 Å². The number of hydrogen-bond acceptors (Lipinski definition) is 7. The van der Waals surface area contributed by atoms with Crippen LogP contribution in [0.2, 0.25) is 0 Å². The largest absolute Gasteiger partial charge is 0.348 e. The van der Waals surface area contributed by atoms with Gasteiger partial charge >= 0.3 is 0 Å². The van der Waals surface area contributed by atoms with E-state index >= 15 is 0 Å². The predicted molar refractivity (Wildman–Crippen MR) is 100 cm³/mol. The van der Waals surface area contributed by atoms with E-state index in [0.29, 0.717) is 16.3 Å². The fourth-order valence-corrected chi connectivity index (χ4v) is 3.71. The Bertz CT molecular complexity index is 745. The molecule has 1 fully saturated rings. The highest BCUT2D eigenvalue weighted by molar-refractivity contribution is 7.98. The van der Waals surface area contributed by atoms with E-state index in [0.717, 1.165) is 0 Å². The normalized spacial score (nSPS) is 19.8. The highest BCUT2D eigenvalue weighted by Gasteiger charge is 2.51. The Balaban J connectivity index is 2.41. The van der Waals surface area contributed by atoms with Crippen molar-refractivity contribution in [3.63, 3.8) is 0 Å². The molecular formula is C16H21N5O2S2. The molecule has 1 aromatic heterocycles. The number of hydrogen-bond donors (Lipinski definition) is 1. The standard InChI is InChI=1S/C16H21N5O2S2/c1-16(2)14(23)21(15(24)20(16)9-13(22)19(3)4)10-6-12(25-5)11(7-17)18-8-10/h6,8,15,24H,9H2,1-5H3. The number of nitriles is 1. The summed E-state index contributed by atoms with van der Waals surface area (Å²) in [6.45, 7) is 3.62. The molecule has 0 saturated carbocycles. The number of carbonyl (C=O) groups is 2. The van der Waals surface area contributed by atoms with E-state index in [4.69, 9.17) is 5.26 Å². The maximum Gasteiger partial charge on any atom is 0.249 e. The van der Waals surface area contributed by atoms with Crippen LogP contribution in [0.15, 0.2) is 17.2 Å². The van der Waals surface area contributed by atoms with Crippen LogP contribution in [0.4, 0.5) is 5.69 Å². The number of amides is 2. The summed E-state index contributed by atoms with van der Waals surface area (Å²) >= 11 is 5.97. The van der Waals surface area contributed by atoms with Gasteiger partial charge in [-0.2, -0.15) is 5.26 Å². The van der Waals surface area contributed by atoms with Crippen LogP contribution in [-0.4, -0.2) is 64.5 Å². The van der Waals surface area contributed by atoms with Crippen LogP contribution >= 0.6 is 24.4 Å². The zero-order valence-electron chi connectivity index (χ0n) is 14.8. The minimum atomic E-state index is -0.883. The highest BCUT2D eigenvalue weighted by Crippen LogP contribution is 2.37. The second-order valence-electron chi connectivity index (χ2n) is 6.35. The molecule has 1 unspecified atom stereocenters. The van der Waals surface area contributed by atoms with Gasteiger partial charge in [-0.25, -0.2) is 4.98 Å². The van der Waals surface area contributed by atoms with Gasteiger partial charge in [-0.1, -0.05) is 0 Å². The summed E-state index contributed by atoms with van der Waals surface area (Å²) in [6.07, 6.45) is 3.34.